The lowest BCUT2D eigenvalue weighted by atomic mass is 10.1. The van der Waals surface area contributed by atoms with E-state index < -0.39 is 28.5 Å². The van der Waals surface area contributed by atoms with Crippen LogP contribution in [0.5, 0.6) is 5.75 Å². The average molecular weight is 512 g/mol. The van der Waals surface area contributed by atoms with Gasteiger partial charge in [0.15, 0.2) is 0 Å². The first-order valence-corrected chi connectivity index (χ1v) is 12.1. The highest BCUT2D eigenvalue weighted by molar-refractivity contribution is 9.10. The number of ether oxygens (including phenoxy) is 1. The number of hydrogen-bond acceptors (Lipinski definition) is 5. The minimum atomic E-state index is -3.81. The van der Waals surface area contributed by atoms with Crippen molar-refractivity contribution in [1.29, 1.82) is 0 Å². The van der Waals surface area contributed by atoms with Gasteiger partial charge in [-0.1, -0.05) is 40.2 Å². The summed E-state index contributed by atoms with van der Waals surface area (Å²) >= 11 is 3.37. The Labute approximate surface area is 191 Å². The Hall–Kier alpha value is -2.59. The molecule has 0 aliphatic carbocycles. The third kappa shape index (κ3) is 6.44. The van der Waals surface area contributed by atoms with Crippen LogP contribution in [-0.4, -0.2) is 58.1 Å². The summed E-state index contributed by atoms with van der Waals surface area (Å²) in [6.07, 6.45) is 1.02. The SMILES string of the molecule is CNC(=O)[C@@H](C)N(Cc1ccc(Br)cc1)C(=O)CN(c1ccccc1OC)S(C)(=O)=O. The maximum Gasteiger partial charge on any atom is 0.244 e. The minimum Gasteiger partial charge on any atom is -0.495 e. The van der Waals surface area contributed by atoms with Gasteiger partial charge in [-0.3, -0.25) is 13.9 Å². The van der Waals surface area contributed by atoms with E-state index >= 15 is 0 Å². The number of carbonyl (C=O) groups is 2. The summed E-state index contributed by atoms with van der Waals surface area (Å²) in [5.74, 6) is -0.552. The van der Waals surface area contributed by atoms with Crippen LogP contribution >= 0.6 is 15.9 Å². The van der Waals surface area contributed by atoms with Crippen molar-refractivity contribution in [3.63, 3.8) is 0 Å². The molecule has 0 saturated heterocycles. The van der Waals surface area contributed by atoms with Gasteiger partial charge in [0.2, 0.25) is 21.8 Å². The molecule has 0 aromatic heterocycles. The van der Waals surface area contributed by atoms with Gasteiger partial charge in [-0.25, -0.2) is 8.42 Å². The number of methoxy groups -OCH3 is 1. The van der Waals surface area contributed by atoms with E-state index in [1.165, 1.54) is 19.1 Å². The topological polar surface area (TPSA) is 96.0 Å². The number of hydrogen-bond donors (Lipinski definition) is 1. The number of amides is 2. The zero-order chi connectivity index (χ0) is 23.2. The predicted octanol–water partition coefficient (Wildman–Crippen LogP) is 2.39. The van der Waals surface area contributed by atoms with Crippen LogP contribution in [0, 0.1) is 0 Å². The third-order valence-electron chi connectivity index (χ3n) is 4.71. The predicted molar refractivity (Wildman–Crippen MR) is 123 cm³/mol. The molecule has 2 aromatic rings. The van der Waals surface area contributed by atoms with Crippen molar-refractivity contribution in [3.8, 4) is 5.75 Å². The molecule has 0 aliphatic heterocycles. The van der Waals surface area contributed by atoms with Gasteiger partial charge in [0, 0.05) is 18.1 Å². The highest BCUT2D eigenvalue weighted by atomic mass is 79.9. The number of likely N-dealkylation sites (N-methyl/N-ethyl adjacent to an activating group) is 1. The lowest BCUT2D eigenvalue weighted by Crippen LogP contribution is -2.50. The summed E-state index contributed by atoms with van der Waals surface area (Å²) in [7, 11) is -0.900. The summed E-state index contributed by atoms with van der Waals surface area (Å²) in [5, 5.41) is 2.54. The lowest BCUT2D eigenvalue weighted by Gasteiger charge is -2.31. The molecule has 0 radical (unpaired) electrons. The molecule has 8 nitrogen and oxygen atoms in total. The molecule has 31 heavy (non-hydrogen) atoms. The van der Waals surface area contributed by atoms with Gasteiger partial charge < -0.3 is 15.0 Å². The van der Waals surface area contributed by atoms with E-state index in [1.807, 2.05) is 24.3 Å². The van der Waals surface area contributed by atoms with E-state index in [4.69, 9.17) is 4.74 Å². The average Bonchev–Trinajstić information content (AvgIpc) is 2.75. The Kier molecular flexibility index (Phi) is 8.46. The molecule has 2 amide bonds. The third-order valence-corrected chi connectivity index (χ3v) is 6.37. The Morgan fingerprint density at radius 1 is 1.13 bits per heavy atom. The number of halogens is 1. The number of para-hydroxylation sites is 2. The Bertz CT molecular complexity index is 1030. The molecule has 2 rings (SSSR count). The Morgan fingerprint density at radius 3 is 2.29 bits per heavy atom. The fourth-order valence-electron chi connectivity index (χ4n) is 3.01. The lowest BCUT2D eigenvalue weighted by molar-refractivity contribution is -0.139. The molecule has 2 aromatic carbocycles. The van der Waals surface area contributed by atoms with Crippen LogP contribution in [0.25, 0.3) is 0 Å². The quantitative estimate of drug-likeness (QED) is 0.557. The van der Waals surface area contributed by atoms with Crippen molar-refractivity contribution in [2.75, 3.05) is 31.3 Å². The summed E-state index contributed by atoms with van der Waals surface area (Å²) in [5.41, 5.74) is 1.05. The van der Waals surface area contributed by atoms with Crippen LogP contribution in [0.1, 0.15) is 12.5 Å². The Balaban J connectivity index is 2.41. The van der Waals surface area contributed by atoms with Crippen LogP contribution in [0.15, 0.2) is 53.0 Å². The maximum atomic E-state index is 13.3. The Morgan fingerprint density at radius 2 is 1.74 bits per heavy atom. The van der Waals surface area contributed by atoms with Crippen molar-refractivity contribution >= 4 is 43.5 Å². The highest BCUT2D eigenvalue weighted by Gasteiger charge is 2.30. The molecule has 1 atom stereocenters. The summed E-state index contributed by atoms with van der Waals surface area (Å²) < 4.78 is 32.2. The molecular formula is C21H26BrN3O5S. The zero-order valence-electron chi connectivity index (χ0n) is 17.8. The van der Waals surface area contributed by atoms with Crippen LogP contribution in [0.2, 0.25) is 0 Å². The number of rotatable bonds is 9. The second-order valence-corrected chi connectivity index (χ2v) is 9.70. The normalized spacial score (nSPS) is 12.0. The van der Waals surface area contributed by atoms with Crippen LogP contribution in [-0.2, 0) is 26.2 Å². The van der Waals surface area contributed by atoms with E-state index in [0.717, 1.165) is 20.6 Å². The monoisotopic (exact) mass is 511 g/mol. The maximum absolute atomic E-state index is 13.3. The zero-order valence-corrected chi connectivity index (χ0v) is 20.2. The van der Waals surface area contributed by atoms with Gasteiger partial charge in [0.05, 0.1) is 19.1 Å². The second kappa shape index (κ2) is 10.6. The minimum absolute atomic E-state index is 0.143. The molecule has 0 unspecified atom stereocenters. The number of sulfonamides is 1. The molecule has 168 valence electrons. The molecule has 0 spiro atoms. The van der Waals surface area contributed by atoms with E-state index in [0.29, 0.717) is 5.75 Å². The van der Waals surface area contributed by atoms with E-state index in [2.05, 4.69) is 21.2 Å². The summed E-state index contributed by atoms with van der Waals surface area (Å²) in [6.45, 7) is 1.27. The van der Waals surface area contributed by atoms with Crippen molar-refractivity contribution in [1.82, 2.24) is 10.2 Å². The number of nitrogens with one attached hydrogen (secondary N) is 1. The second-order valence-electron chi connectivity index (χ2n) is 6.88. The fourth-order valence-corrected chi connectivity index (χ4v) is 4.13. The van der Waals surface area contributed by atoms with Gasteiger partial charge in [0.1, 0.15) is 18.3 Å². The molecule has 0 aliphatic rings. The molecule has 10 heteroatoms. The van der Waals surface area contributed by atoms with E-state index in [-0.39, 0.29) is 18.1 Å². The molecular weight excluding hydrogens is 486 g/mol. The first-order valence-electron chi connectivity index (χ1n) is 9.44. The van der Waals surface area contributed by atoms with Crippen molar-refractivity contribution in [3.05, 3.63) is 58.6 Å². The van der Waals surface area contributed by atoms with Gasteiger partial charge in [-0.05, 0) is 36.8 Å². The smallest absolute Gasteiger partial charge is 0.244 e. The van der Waals surface area contributed by atoms with Crippen LogP contribution < -0.4 is 14.4 Å². The number of benzene rings is 2. The first-order chi connectivity index (χ1) is 14.6. The van der Waals surface area contributed by atoms with E-state index in [9.17, 15) is 18.0 Å². The van der Waals surface area contributed by atoms with Gasteiger partial charge in [-0.2, -0.15) is 0 Å². The first kappa shape index (κ1) is 24.7. The van der Waals surface area contributed by atoms with Crippen LogP contribution in [0.3, 0.4) is 0 Å². The van der Waals surface area contributed by atoms with Gasteiger partial charge >= 0.3 is 0 Å². The highest BCUT2D eigenvalue weighted by Crippen LogP contribution is 2.29. The molecule has 0 saturated carbocycles. The molecule has 1 N–H and O–H groups in total. The molecule has 0 fully saturated rings. The van der Waals surface area contributed by atoms with Crippen molar-refractivity contribution in [2.45, 2.75) is 19.5 Å². The fraction of sp³-hybridized carbons (Fsp3) is 0.333. The summed E-state index contributed by atoms with van der Waals surface area (Å²) in [4.78, 5) is 26.9. The van der Waals surface area contributed by atoms with Crippen molar-refractivity contribution in [2.24, 2.45) is 0 Å². The molecule has 0 bridgehead atoms. The van der Waals surface area contributed by atoms with Crippen molar-refractivity contribution < 1.29 is 22.7 Å². The number of nitrogens with zero attached hydrogens (tertiary/aromatic N) is 2. The van der Waals surface area contributed by atoms with E-state index in [1.54, 1.807) is 31.2 Å². The largest absolute Gasteiger partial charge is 0.495 e. The number of anilines is 1. The van der Waals surface area contributed by atoms with Crippen LogP contribution in [0.4, 0.5) is 5.69 Å². The van der Waals surface area contributed by atoms with Gasteiger partial charge in [0.25, 0.3) is 0 Å². The van der Waals surface area contributed by atoms with Gasteiger partial charge in [-0.15, -0.1) is 0 Å². The molecule has 0 heterocycles. The summed E-state index contributed by atoms with van der Waals surface area (Å²) in [6, 6.07) is 13.1. The number of carbonyl (C=O) groups excluding carboxylic acids is 2. The standard InChI is InChI=1S/C21H26BrN3O5S/c1-15(21(27)23-2)24(13-16-9-11-17(22)12-10-16)20(26)14-25(31(4,28)29)18-7-5-6-8-19(18)30-3/h5-12,15H,13-14H2,1-4H3,(H,23,27)/t15-/m1/s1.